The molecule has 0 aliphatic rings. The fraction of sp³-hybridized carbons (Fsp3) is 0.158. The summed E-state index contributed by atoms with van der Waals surface area (Å²) in [7, 11) is 0. The predicted molar refractivity (Wildman–Crippen MR) is 102 cm³/mol. The lowest BCUT2D eigenvalue weighted by Gasteiger charge is -2.19. The van der Waals surface area contributed by atoms with Gasteiger partial charge in [-0.3, -0.25) is 0 Å². The number of rotatable bonds is 4. The van der Waals surface area contributed by atoms with Gasteiger partial charge in [-0.1, -0.05) is 59.1 Å². The molecule has 3 aromatic carbocycles. The highest BCUT2D eigenvalue weighted by Crippen LogP contribution is 2.44. The molecule has 6 heteroatoms. The fourth-order valence-electron chi connectivity index (χ4n) is 3.01. The molecule has 1 atom stereocenters. The van der Waals surface area contributed by atoms with Crippen LogP contribution in [0.2, 0.25) is 15.1 Å². The maximum Gasteiger partial charge on any atom is 0.103 e. The first-order chi connectivity index (χ1) is 12.0. The Labute approximate surface area is 160 Å². The standard InChI is InChI=1S/C19H15Cl3O3/c20-13-2-1-3-14(21)19(13)17-10(8-23)4-5-12-11(16(25)9-24)6-7-15(22)18(12)17/h1-7,16,23-25H,8-9H2. The van der Waals surface area contributed by atoms with E-state index in [1.807, 2.05) is 0 Å². The van der Waals surface area contributed by atoms with Crippen LogP contribution in [0.3, 0.4) is 0 Å². The Kier molecular flexibility index (Phi) is 5.54. The third-order valence-corrected chi connectivity index (χ3v) is 5.11. The molecule has 0 saturated heterocycles. The molecule has 0 aromatic heterocycles. The van der Waals surface area contributed by atoms with Crippen molar-refractivity contribution < 1.29 is 15.3 Å². The number of fused-ring (bicyclic) bond motifs is 1. The summed E-state index contributed by atoms with van der Waals surface area (Å²) in [6, 6.07) is 12.0. The summed E-state index contributed by atoms with van der Waals surface area (Å²) < 4.78 is 0. The van der Waals surface area contributed by atoms with Gasteiger partial charge in [0.05, 0.1) is 13.2 Å². The lowest BCUT2D eigenvalue weighted by Crippen LogP contribution is -2.04. The van der Waals surface area contributed by atoms with Gasteiger partial charge in [0.1, 0.15) is 6.10 Å². The van der Waals surface area contributed by atoms with Gasteiger partial charge < -0.3 is 15.3 Å². The van der Waals surface area contributed by atoms with Crippen molar-refractivity contribution >= 4 is 45.6 Å². The molecule has 0 aliphatic heterocycles. The minimum Gasteiger partial charge on any atom is -0.393 e. The fourth-order valence-corrected chi connectivity index (χ4v) is 3.86. The van der Waals surface area contributed by atoms with Crippen LogP contribution in [0.15, 0.2) is 42.5 Å². The second kappa shape index (κ2) is 7.50. The van der Waals surface area contributed by atoms with Gasteiger partial charge >= 0.3 is 0 Å². The number of aliphatic hydroxyl groups excluding tert-OH is 3. The van der Waals surface area contributed by atoms with Gasteiger partial charge in [-0.2, -0.15) is 0 Å². The van der Waals surface area contributed by atoms with E-state index in [0.717, 1.165) is 0 Å². The van der Waals surface area contributed by atoms with Gasteiger partial charge in [0.15, 0.2) is 0 Å². The molecule has 3 N–H and O–H groups in total. The van der Waals surface area contributed by atoms with Crippen LogP contribution in [-0.2, 0) is 6.61 Å². The first-order valence-corrected chi connectivity index (χ1v) is 8.71. The summed E-state index contributed by atoms with van der Waals surface area (Å²) >= 11 is 19.2. The van der Waals surface area contributed by atoms with Gasteiger partial charge in [0.2, 0.25) is 0 Å². The van der Waals surface area contributed by atoms with E-state index in [4.69, 9.17) is 34.8 Å². The SMILES string of the molecule is OCc1ccc2c(C(O)CO)ccc(Cl)c2c1-c1c(Cl)cccc1Cl. The van der Waals surface area contributed by atoms with E-state index in [-0.39, 0.29) is 6.61 Å². The summed E-state index contributed by atoms with van der Waals surface area (Å²) in [4.78, 5) is 0. The lowest BCUT2D eigenvalue weighted by atomic mass is 9.90. The van der Waals surface area contributed by atoms with Crippen molar-refractivity contribution in [2.45, 2.75) is 12.7 Å². The molecule has 0 heterocycles. The zero-order valence-corrected chi connectivity index (χ0v) is 15.3. The van der Waals surface area contributed by atoms with E-state index in [1.54, 1.807) is 42.5 Å². The van der Waals surface area contributed by atoms with E-state index in [0.29, 0.717) is 48.1 Å². The second-order valence-electron chi connectivity index (χ2n) is 5.61. The van der Waals surface area contributed by atoms with Gasteiger partial charge in [-0.15, -0.1) is 0 Å². The van der Waals surface area contributed by atoms with Gasteiger partial charge in [-0.25, -0.2) is 0 Å². The highest BCUT2D eigenvalue weighted by atomic mass is 35.5. The minimum atomic E-state index is -1.05. The summed E-state index contributed by atoms with van der Waals surface area (Å²) in [6.07, 6.45) is -1.05. The average molecular weight is 398 g/mol. The van der Waals surface area contributed by atoms with E-state index in [1.165, 1.54) is 0 Å². The normalized spacial score (nSPS) is 12.6. The van der Waals surface area contributed by atoms with Crippen LogP contribution in [0.4, 0.5) is 0 Å². The molecule has 0 saturated carbocycles. The highest BCUT2D eigenvalue weighted by molar-refractivity contribution is 6.41. The summed E-state index contributed by atoms with van der Waals surface area (Å²) in [5, 5.41) is 31.8. The Morgan fingerprint density at radius 3 is 2.08 bits per heavy atom. The summed E-state index contributed by atoms with van der Waals surface area (Å²) in [5.74, 6) is 0. The maximum atomic E-state index is 10.1. The zero-order chi connectivity index (χ0) is 18.1. The summed E-state index contributed by atoms with van der Waals surface area (Å²) in [6.45, 7) is -0.642. The van der Waals surface area contributed by atoms with Crippen LogP contribution in [-0.4, -0.2) is 21.9 Å². The molecule has 0 amide bonds. The molecular formula is C19H15Cl3O3. The molecule has 0 radical (unpaired) electrons. The Morgan fingerprint density at radius 2 is 1.48 bits per heavy atom. The third kappa shape index (κ3) is 3.24. The number of halogens is 3. The second-order valence-corrected chi connectivity index (χ2v) is 6.83. The molecule has 0 bridgehead atoms. The maximum absolute atomic E-state index is 10.1. The molecule has 0 spiro atoms. The molecular weight excluding hydrogens is 383 g/mol. The number of hydrogen-bond acceptors (Lipinski definition) is 3. The van der Waals surface area contributed by atoms with E-state index in [2.05, 4.69) is 0 Å². The first-order valence-electron chi connectivity index (χ1n) is 7.57. The number of hydrogen-bond donors (Lipinski definition) is 3. The van der Waals surface area contributed by atoms with Crippen molar-refractivity contribution in [3.8, 4) is 11.1 Å². The van der Waals surface area contributed by atoms with E-state index >= 15 is 0 Å². The van der Waals surface area contributed by atoms with E-state index in [9.17, 15) is 15.3 Å². The van der Waals surface area contributed by atoms with Crippen molar-refractivity contribution in [2.75, 3.05) is 6.61 Å². The third-order valence-electron chi connectivity index (χ3n) is 4.17. The van der Waals surface area contributed by atoms with Crippen LogP contribution in [0.5, 0.6) is 0 Å². The van der Waals surface area contributed by atoms with Crippen molar-refractivity contribution in [1.82, 2.24) is 0 Å². The van der Waals surface area contributed by atoms with E-state index < -0.39 is 12.7 Å². The molecule has 25 heavy (non-hydrogen) atoms. The molecule has 130 valence electrons. The van der Waals surface area contributed by atoms with Crippen molar-refractivity contribution in [3.63, 3.8) is 0 Å². The largest absolute Gasteiger partial charge is 0.393 e. The van der Waals surface area contributed by atoms with Crippen molar-refractivity contribution in [1.29, 1.82) is 0 Å². The highest BCUT2D eigenvalue weighted by Gasteiger charge is 2.20. The monoisotopic (exact) mass is 396 g/mol. The molecule has 0 fully saturated rings. The molecule has 3 nitrogen and oxygen atoms in total. The van der Waals surface area contributed by atoms with Crippen LogP contribution < -0.4 is 0 Å². The van der Waals surface area contributed by atoms with Gasteiger partial charge in [-0.05, 0) is 40.3 Å². The van der Waals surface area contributed by atoms with Crippen molar-refractivity contribution in [2.24, 2.45) is 0 Å². The first kappa shape index (κ1) is 18.5. The van der Waals surface area contributed by atoms with Crippen LogP contribution in [0, 0.1) is 0 Å². The summed E-state index contributed by atoms with van der Waals surface area (Å²) in [5.41, 5.74) is 2.33. The van der Waals surface area contributed by atoms with Crippen LogP contribution in [0.25, 0.3) is 21.9 Å². The Balaban J connectivity index is 2.49. The number of aliphatic hydroxyl groups is 3. The quantitative estimate of drug-likeness (QED) is 0.581. The zero-order valence-electron chi connectivity index (χ0n) is 13.0. The predicted octanol–water partition coefficient (Wildman–Crippen LogP) is 4.99. The minimum absolute atomic E-state index is 0.226. The molecule has 3 aromatic rings. The average Bonchev–Trinajstić information content (AvgIpc) is 2.61. The van der Waals surface area contributed by atoms with Crippen molar-refractivity contribution in [3.05, 3.63) is 68.7 Å². The van der Waals surface area contributed by atoms with Gasteiger partial charge in [0.25, 0.3) is 0 Å². The van der Waals surface area contributed by atoms with Gasteiger partial charge in [0, 0.05) is 26.0 Å². The molecule has 3 rings (SSSR count). The Morgan fingerprint density at radius 1 is 0.800 bits per heavy atom. The van der Waals surface area contributed by atoms with Crippen LogP contribution in [0.1, 0.15) is 17.2 Å². The topological polar surface area (TPSA) is 60.7 Å². The number of benzene rings is 3. The Hall–Kier alpha value is -1.33. The smallest absolute Gasteiger partial charge is 0.103 e. The Bertz CT molecular complexity index is 921. The van der Waals surface area contributed by atoms with Crippen LogP contribution >= 0.6 is 34.8 Å². The molecule has 0 aliphatic carbocycles. The molecule has 1 unspecified atom stereocenters. The lowest BCUT2D eigenvalue weighted by molar-refractivity contribution is 0.0967.